The van der Waals surface area contributed by atoms with Crippen LogP contribution in [0.3, 0.4) is 0 Å². The van der Waals surface area contributed by atoms with Crippen molar-refractivity contribution in [2.75, 3.05) is 0 Å². The minimum absolute atomic E-state index is 0.535. The predicted octanol–water partition coefficient (Wildman–Crippen LogP) is 7.05. The van der Waals surface area contributed by atoms with Crippen LogP contribution in [0.15, 0.2) is 22.3 Å². The first kappa shape index (κ1) is 28.8. The number of hydrogen-bond acceptors (Lipinski definition) is 6. The van der Waals surface area contributed by atoms with Crippen molar-refractivity contribution in [1.29, 1.82) is 0 Å². The van der Waals surface area contributed by atoms with Crippen molar-refractivity contribution in [3.05, 3.63) is 22.3 Å². The van der Waals surface area contributed by atoms with Gasteiger partial charge in [0.15, 0.2) is 0 Å². The van der Waals surface area contributed by atoms with E-state index < -0.39 is 55.6 Å². The Bertz CT molecular complexity index is 866. The molecule has 0 bridgehead atoms. The van der Waals surface area contributed by atoms with Crippen molar-refractivity contribution >= 4 is 17.9 Å². The van der Waals surface area contributed by atoms with E-state index in [1.54, 1.807) is 62.3 Å². The van der Waals surface area contributed by atoms with Gasteiger partial charge in [-0.1, -0.05) is 0 Å². The second-order valence-corrected chi connectivity index (χ2v) is 17.3. The van der Waals surface area contributed by atoms with Crippen LogP contribution < -0.4 is 0 Å². The quantitative estimate of drug-likeness (QED) is 0.376. The molecular weight excluding hydrogens is 468 g/mol. The summed E-state index contributed by atoms with van der Waals surface area (Å²) in [4.78, 5) is 40.2. The average molecular weight is 513 g/mol. The molecule has 0 aromatic heterocycles. The van der Waals surface area contributed by atoms with E-state index in [4.69, 9.17) is 9.96 Å². The van der Waals surface area contributed by atoms with E-state index in [2.05, 4.69) is 6.92 Å². The fraction of sp³-hybridized carbons (Fsp3) is 0.741. The molecule has 0 saturated carbocycles. The molecule has 192 valence electrons. The van der Waals surface area contributed by atoms with Gasteiger partial charge in [0.25, 0.3) is 0 Å². The van der Waals surface area contributed by atoms with Crippen LogP contribution in [0, 0.1) is 16.2 Å². The monoisotopic (exact) mass is 512 g/mol. The third kappa shape index (κ3) is 5.23. The van der Waals surface area contributed by atoms with Crippen LogP contribution in [0.5, 0.6) is 0 Å². The Labute approximate surface area is 210 Å². The molecule has 1 atom stereocenters. The van der Waals surface area contributed by atoms with Gasteiger partial charge in [0.05, 0.1) is 0 Å². The summed E-state index contributed by atoms with van der Waals surface area (Å²) in [5.74, 6) is -1.60. The Morgan fingerprint density at radius 1 is 0.706 bits per heavy atom. The molecule has 0 aliphatic heterocycles. The minimum atomic E-state index is -5.12. The first-order chi connectivity index (χ1) is 15.2. The average Bonchev–Trinajstić information content (AvgIpc) is 2.88. The molecule has 0 aromatic rings. The van der Waals surface area contributed by atoms with Gasteiger partial charge in [0.1, 0.15) is 0 Å². The zero-order valence-electron chi connectivity index (χ0n) is 23.3. The van der Waals surface area contributed by atoms with Gasteiger partial charge in [-0.15, -0.1) is 0 Å². The molecule has 2 aliphatic rings. The van der Waals surface area contributed by atoms with Crippen LogP contribution in [0.1, 0.15) is 109 Å². The van der Waals surface area contributed by atoms with Crippen LogP contribution in [0.4, 0.5) is 0 Å². The van der Waals surface area contributed by atoms with E-state index >= 15 is 0 Å². The molecule has 0 N–H and O–H groups in total. The van der Waals surface area contributed by atoms with Gasteiger partial charge in [-0.05, 0) is 0 Å². The number of carbonyl (C=O) groups is 3. The molecule has 0 saturated heterocycles. The molecule has 0 aromatic carbocycles. The van der Waals surface area contributed by atoms with Crippen molar-refractivity contribution in [2.45, 2.75) is 112 Å². The number of rotatable bonds is 4. The molecule has 0 amide bonds. The maximum atomic E-state index is 13.4. The molecule has 0 spiro atoms. The molecule has 0 radical (unpaired) electrons. The zero-order chi connectivity index (χ0) is 26.5. The summed E-state index contributed by atoms with van der Waals surface area (Å²) >= 11 is -5.12. The molecule has 2 rings (SSSR count). The van der Waals surface area contributed by atoms with E-state index in [1.165, 1.54) is 5.57 Å². The summed E-state index contributed by atoms with van der Waals surface area (Å²) in [6.45, 7) is 21.7. The molecule has 34 heavy (non-hydrogen) atoms. The topological polar surface area (TPSA) is 78.9 Å². The van der Waals surface area contributed by atoms with E-state index in [0.29, 0.717) is 0 Å². The van der Waals surface area contributed by atoms with Gasteiger partial charge in [0, 0.05) is 0 Å². The fourth-order valence-electron chi connectivity index (χ4n) is 4.31. The van der Waals surface area contributed by atoms with Gasteiger partial charge in [-0.25, -0.2) is 0 Å². The molecule has 0 fully saturated rings. The summed E-state index contributed by atoms with van der Waals surface area (Å²) in [7, 11) is 0. The van der Waals surface area contributed by atoms with Crippen LogP contribution in [-0.2, 0) is 42.1 Å². The normalized spacial score (nSPS) is 21.9. The maximum absolute atomic E-state index is 13.4. The van der Waals surface area contributed by atoms with Crippen molar-refractivity contribution in [1.82, 2.24) is 0 Å². The Morgan fingerprint density at radius 3 is 1.41 bits per heavy atom. The number of hydrogen-bond donors (Lipinski definition) is 0. The molecule has 7 heteroatoms. The van der Waals surface area contributed by atoms with Gasteiger partial charge in [-0.2, -0.15) is 0 Å². The van der Waals surface area contributed by atoms with Crippen molar-refractivity contribution in [2.24, 2.45) is 16.2 Å². The molecule has 0 heterocycles. The Morgan fingerprint density at radius 2 is 1.06 bits per heavy atom. The standard InChI is InChI=1S/C12H17.3C5H10O2.Ti/c1-8-9(2)11-6-4-5-7-12(11)10(8)3;3*1-5(2,3)4(6)7;/h4-7H2,1-3H3;3*1-3H3,(H,6,7);/q;;;;+3/p-3. The second-order valence-electron chi connectivity index (χ2n) is 13.0. The van der Waals surface area contributed by atoms with Gasteiger partial charge in [-0.3, -0.25) is 0 Å². The van der Waals surface area contributed by atoms with E-state index in [9.17, 15) is 14.4 Å². The molecular formula is C27H44O6Ti. The molecule has 6 nitrogen and oxygen atoms in total. The Balaban J connectivity index is 2.88. The van der Waals surface area contributed by atoms with E-state index in [0.717, 1.165) is 42.4 Å². The van der Waals surface area contributed by atoms with Crippen LogP contribution in [0.25, 0.3) is 0 Å². The van der Waals surface area contributed by atoms with E-state index in [1.807, 2.05) is 13.8 Å². The third-order valence-corrected chi connectivity index (χ3v) is 12.1. The van der Waals surface area contributed by atoms with Crippen molar-refractivity contribution < 1.29 is 42.1 Å². The van der Waals surface area contributed by atoms with Crippen LogP contribution in [-0.4, -0.2) is 17.9 Å². The van der Waals surface area contributed by atoms with Gasteiger partial charge >= 0.3 is 211 Å². The van der Waals surface area contributed by atoms with Gasteiger partial charge < -0.3 is 0 Å². The van der Waals surface area contributed by atoms with Crippen molar-refractivity contribution in [3.63, 3.8) is 0 Å². The Kier molecular flexibility index (Phi) is 7.84. The zero-order valence-corrected chi connectivity index (χ0v) is 24.8. The Hall–Kier alpha value is -1.40. The number of allylic oxidation sites excluding steroid dienone is 4. The van der Waals surface area contributed by atoms with Crippen LogP contribution >= 0.6 is 0 Å². The van der Waals surface area contributed by atoms with E-state index in [-0.39, 0.29) is 0 Å². The number of carbonyl (C=O) groups excluding carboxylic acids is 3. The third-order valence-electron chi connectivity index (χ3n) is 6.97. The first-order valence-corrected chi connectivity index (χ1v) is 15.0. The summed E-state index contributed by atoms with van der Waals surface area (Å²) in [5.41, 5.74) is 1.80. The SMILES string of the molecule is CC1=C(C)[C](C)([Ti]([O]C(=O)C(C)(C)C)([O]C(=O)C(C)(C)C)[O]C(=O)C(C)(C)C)C2=C1CCCC2. The summed E-state index contributed by atoms with van der Waals surface area (Å²) in [6, 6.07) is 0. The molecule has 1 unspecified atom stereocenters. The van der Waals surface area contributed by atoms with Crippen LogP contribution in [0.2, 0.25) is 3.72 Å². The summed E-state index contributed by atoms with van der Waals surface area (Å²) in [6.07, 6.45) is 3.77. The fourth-order valence-corrected chi connectivity index (χ4v) is 10.1. The predicted molar refractivity (Wildman–Crippen MR) is 129 cm³/mol. The second kappa shape index (κ2) is 9.24. The summed E-state index contributed by atoms with van der Waals surface area (Å²) in [5, 5.41) is 0. The first-order valence-electron chi connectivity index (χ1n) is 12.3. The van der Waals surface area contributed by atoms with Crippen molar-refractivity contribution in [3.8, 4) is 0 Å². The van der Waals surface area contributed by atoms with Gasteiger partial charge in [0.2, 0.25) is 0 Å². The summed E-state index contributed by atoms with van der Waals surface area (Å²) < 4.78 is 17.9. The molecule has 2 aliphatic carbocycles.